The summed E-state index contributed by atoms with van der Waals surface area (Å²) in [6.07, 6.45) is -1.54. The quantitative estimate of drug-likeness (QED) is 0.661. The Labute approximate surface area is 156 Å². The molecule has 0 radical (unpaired) electrons. The number of aromatic nitrogens is 4. The summed E-state index contributed by atoms with van der Waals surface area (Å²) in [7, 11) is 3.45. The molecular formula is C19H23F2N5O. The van der Waals surface area contributed by atoms with Crippen LogP contribution in [0.1, 0.15) is 42.1 Å². The van der Waals surface area contributed by atoms with Crippen LogP contribution < -0.4 is 0 Å². The van der Waals surface area contributed by atoms with Crippen LogP contribution in [0.5, 0.6) is 0 Å². The van der Waals surface area contributed by atoms with Crippen molar-refractivity contribution >= 4 is 16.9 Å². The molecule has 0 spiro atoms. The lowest BCUT2D eigenvalue weighted by Crippen LogP contribution is -2.28. The van der Waals surface area contributed by atoms with E-state index in [2.05, 4.69) is 10.1 Å². The summed E-state index contributed by atoms with van der Waals surface area (Å²) < 4.78 is 30.3. The molecule has 27 heavy (non-hydrogen) atoms. The van der Waals surface area contributed by atoms with Crippen molar-refractivity contribution in [3.05, 3.63) is 47.5 Å². The number of alkyl halides is 2. The second-order valence-corrected chi connectivity index (χ2v) is 7.06. The van der Waals surface area contributed by atoms with Gasteiger partial charge in [-0.2, -0.15) is 5.10 Å². The van der Waals surface area contributed by atoms with Crippen molar-refractivity contribution in [3.63, 3.8) is 0 Å². The Balaban J connectivity index is 1.87. The molecule has 0 unspecified atom stereocenters. The highest BCUT2D eigenvalue weighted by Crippen LogP contribution is 2.25. The van der Waals surface area contributed by atoms with Gasteiger partial charge in [-0.3, -0.25) is 9.48 Å². The standard InChI is InChI=1S/C19H23F2N5O/c1-12(2)10-26-17(18(20)21)13(9-22-26)19(27)24(3)11-16-23-14-7-5-6-8-15(14)25(16)4/h5-9,12,18H,10-11H2,1-4H3. The Morgan fingerprint density at radius 1 is 1.26 bits per heavy atom. The van der Waals surface area contributed by atoms with Gasteiger partial charge in [-0.25, -0.2) is 13.8 Å². The summed E-state index contributed by atoms with van der Waals surface area (Å²) in [4.78, 5) is 18.7. The van der Waals surface area contributed by atoms with Gasteiger partial charge in [0.2, 0.25) is 0 Å². The maximum absolute atomic E-state index is 13.6. The summed E-state index contributed by atoms with van der Waals surface area (Å²) in [6.45, 7) is 4.37. The Bertz CT molecular complexity index is 960. The molecule has 0 fully saturated rings. The summed E-state index contributed by atoms with van der Waals surface area (Å²) in [5.41, 5.74) is 1.39. The van der Waals surface area contributed by atoms with E-state index in [9.17, 15) is 13.6 Å². The van der Waals surface area contributed by atoms with Gasteiger partial charge < -0.3 is 9.47 Å². The first-order valence-electron chi connectivity index (χ1n) is 8.79. The second-order valence-electron chi connectivity index (χ2n) is 7.06. The number of halogens is 2. The minimum Gasteiger partial charge on any atom is -0.334 e. The third-order valence-electron chi connectivity index (χ3n) is 4.46. The third kappa shape index (κ3) is 3.70. The summed E-state index contributed by atoms with van der Waals surface area (Å²) >= 11 is 0. The van der Waals surface area contributed by atoms with E-state index in [1.165, 1.54) is 15.8 Å². The van der Waals surface area contributed by atoms with Crippen LogP contribution in [0, 0.1) is 5.92 Å². The average molecular weight is 375 g/mol. The molecule has 0 saturated heterocycles. The first-order valence-corrected chi connectivity index (χ1v) is 8.79. The Hall–Kier alpha value is -2.77. The van der Waals surface area contributed by atoms with Gasteiger partial charge in [-0.1, -0.05) is 26.0 Å². The molecule has 2 heterocycles. The van der Waals surface area contributed by atoms with Crippen LogP contribution in [0.2, 0.25) is 0 Å². The van der Waals surface area contributed by atoms with E-state index in [0.717, 1.165) is 11.0 Å². The Morgan fingerprint density at radius 2 is 1.96 bits per heavy atom. The molecule has 2 aromatic heterocycles. The van der Waals surface area contributed by atoms with Crippen molar-refractivity contribution in [3.8, 4) is 0 Å². The van der Waals surface area contributed by atoms with Crippen molar-refractivity contribution in [2.75, 3.05) is 7.05 Å². The molecule has 0 N–H and O–H groups in total. The number of nitrogens with zero attached hydrogens (tertiary/aromatic N) is 5. The number of fused-ring (bicyclic) bond motifs is 1. The number of carbonyl (C=O) groups is 1. The predicted molar refractivity (Wildman–Crippen MR) is 98.5 cm³/mol. The smallest absolute Gasteiger partial charge is 0.280 e. The van der Waals surface area contributed by atoms with Crippen LogP contribution in [0.15, 0.2) is 30.5 Å². The fraction of sp³-hybridized carbons (Fsp3) is 0.421. The van der Waals surface area contributed by atoms with Crippen LogP contribution in [0.25, 0.3) is 11.0 Å². The summed E-state index contributed by atoms with van der Waals surface area (Å²) in [6, 6.07) is 7.65. The monoisotopic (exact) mass is 375 g/mol. The van der Waals surface area contributed by atoms with E-state index >= 15 is 0 Å². The molecule has 0 saturated carbocycles. The maximum atomic E-state index is 13.6. The first-order chi connectivity index (χ1) is 12.8. The number of imidazole rings is 1. The zero-order chi connectivity index (χ0) is 19.7. The highest BCUT2D eigenvalue weighted by molar-refractivity contribution is 5.95. The zero-order valence-corrected chi connectivity index (χ0v) is 15.9. The van der Waals surface area contributed by atoms with Crippen molar-refractivity contribution in [1.29, 1.82) is 0 Å². The molecule has 0 aliphatic heterocycles. The highest BCUT2D eigenvalue weighted by atomic mass is 19.3. The molecule has 6 nitrogen and oxygen atoms in total. The SMILES string of the molecule is CC(C)Cn1ncc(C(=O)N(C)Cc2nc3ccccc3n2C)c1C(F)F. The Morgan fingerprint density at radius 3 is 2.59 bits per heavy atom. The first kappa shape index (κ1) is 19.0. The van der Waals surface area contributed by atoms with Crippen LogP contribution >= 0.6 is 0 Å². The number of hydrogen-bond donors (Lipinski definition) is 0. The van der Waals surface area contributed by atoms with Crippen molar-refractivity contribution < 1.29 is 13.6 Å². The van der Waals surface area contributed by atoms with E-state index in [-0.39, 0.29) is 23.7 Å². The molecule has 0 aliphatic carbocycles. The van der Waals surface area contributed by atoms with Gasteiger partial charge >= 0.3 is 0 Å². The minimum atomic E-state index is -2.77. The summed E-state index contributed by atoms with van der Waals surface area (Å²) in [5.74, 6) is 0.329. The Kier molecular flexibility index (Phi) is 5.25. The molecule has 1 amide bonds. The maximum Gasteiger partial charge on any atom is 0.280 e. The van der Waals surface area contributed by atoms with Gasteiger partial charge in [-0.15, -0.1) is 0 Å². The number of hydrogen-bond acceptors (Lipinski definition) is 3. The molecule has 3 rings (SSSR count). The molecule has 3 aromatic rings. The minimum absolute atomic E-state index is 0.0630. The molecule has 144 valence electrons. The lowest BCUT2D eigenvalue weighted by molar-refractivity contribution is 0.0765. The average Bonchev–Trinajstić information content (AvgIpc) is 3.16. The molecule has 0 aliphatic rings. The topological polar surface area (TPSA) is 56.0 Å². The molecule has 0 atom stereocenters. The van der Waals surface area contributed by atoms with Gasteiger partial charge in [0.05, 0.1) is 29.3 Å². The highest BCUT2D eigenvalue weighted by Gasteiger charge is 2.27. The van der Waals surface area contributed by atoms with Crippen LogP contribution in [0.4, 0.5) is 8.78 Å². The van der Waals surface area contributed by atoms with Crippen molar-refractivity contribution in [2.24, 2.45) is 13.0 Å². The fourth-order valence-electron chi connectivity index (χ4n) is 3.11. The predicted octanol–water partition coefficient (Wildman–Crippen LogP) is 3.64. The van der Waals surface area contributed by atoms with Crippen LogP contribution in [-0.2, 0) is 20.1 Å². The van der Waals surface area contributed by atoms with E-state index < -0.39 is 12.3 Å². The number of carbonyl (C=O) groups excluding carboxylic acids is 1. The fourth-order valence-corrected chi connectivity index (χ4v) is 3.11. The zero-order valence-electron chi connectivity index (χ0n) is 15.9. The largest absolute Gasteiger partial charge is 0.334 e. The van der Waals surface area contributed by atoms with E-state index in [4.69, 9.17) is 0 Å². The molecular weight excluding hydrogens is 352 g/mol. The van der Waals surface area contributed by atoms with Crippen molar-refractivity contribution in [2.45, 2.75) is 33.4 Å². The molecule has 1 aromatic carbocycles. The number of benzene rings is 1. The third-order valence-corrected chi connectivity index (χ3v) is 4.46. The number of aryl methyl sites for hydroxylation is 1. The van der Waals surface area contributed by atoms with Crippen LogP contribution in [-0.4, -0.2) is 37.2 Å². The molecule has 0 bridgehead atoms. The number of para-hydroxylation sites is 2. The molecule has 8 heteroatoms. The van der Waals surface area contributed by atoms with E-state index in [1.54, 1.807) is 7.05 Å². The van der Waals surface area contributed by atoms with Crippen LogP contribution in [0.3, 0.4) is 0 Å². The van der Waals surface area contributed by atoms with Gasteiger partial charge in [0.25, 0.3) is 12.3 Å². The van der Waals surface area contributed by atoms with Gasteiger partial charge in [0.1, 0.15) is 11.5 Å². The van der Waals surface area contributed by atoms with E-state index in [0.29, 0.717) is 12.4 Å². The lowest BCUT2D eigenvalue weighted by Gasteiger charge is -2.17. The number of rotatable bonds is 6. The van der Waals surface area contributed by atoms with Gasteiger partial charge in [0.15, 0.2) is 0 Å². The van der Waals surface area contributed by atoms with Gasteiger partial charge in [-0.05, 0) is 18.1 Å². The summed E-state index contributed by atoms with van der Waals surface area (Å²) in [5, 5.41) is 4.01. The van der Waals surface area contributed by atoms with Gasteiger partial charge in [0, 0.05) is 20.6 Å². The number of amides is 1. The van der Waals surface area contributed by atoms with E-state index in [1.807, 2.05) is 49.7 Å². The lowest BCUT2D eigenvalue weighted by atomic mass is 10.2. The van der Waals surface area contributed by atoms with Crippen molar-refractivity contribution in [1.82, 2.24) is 24.2 Å². The normalized spacial score (nSPS) is 11.7. The second kappa shape index (κ2) is 7.46.